The van der Waals surface area contributed by atoms with Crippen LogP contribution in [0.1, 0.15) is 0 Å². The summed E-state index contributed by atoms with van der Waals surface area (Å²) in [7, 11) is 0. The van der Waals surface area contributed by atoms with E-state index >= 15 is 0 Å². The summed E-state index contributed by atoms with van der Waals surface area (Å²) in [5.41, 5.74) is 2.26. The molecule has 2 aliphatic rings. The average molecular weight is 530 g/mol. The van der Waals surface area contributed by atoms with Crippen molar-refractivity contribution in [3.63, 3.8) is 0 Å². The maximum atomic E-state index is 5.52. The first-order valence-corrected chi connectivity index (χ1v) is 13.8. The molecule has 2 fully saturated rings. The lowest BCUT2D eigenvalue weighted by Gasteiger charge is -2.36. The smallest absolute Gasteiger partial charge is 0.226 e. The molecule has 2 aliphatic heterocycles. The highest BCUT2D eigenvalue weighted by atomic mass is 32.2. The lowest BCUT2D eigenvalue weighted by atomic mass is 10.2. The summed E-state index contributed by atoms with van der Waals surface area (Å²) in [6.07, 6.45) is 5.52. The number of nitrogens with zero attached hydrogens (tertiary/aromatic N) is 9. The van der Waals surface area contributed by atoms with Crippen molar-refractivity contribution in [2.24, 2.45) is 0 Å². The van der Waals surface area contributed by atoms with Crippen molar-refractivity contribution in [2.45, 2.75) is 16.7 Å². The van der Waals surface area contributed by atoms with Crippen LogP contribution >= 0.6 is 11.8 Å². The Morgan fingerprint density at radius 1 is 0.763 bits per heavy atom. The van der Waals surface area contributed by atoms with E-state index in [4.69, 9.17) is 9.72 Å². The Labute approximate surface area is 226 Å². The molecule has 0 unspecified atom stereocenters. The van der Waals surface area contributed by atoms with E-state index in [0.717, 1.165) is 93.1 Å². The van der Waals surface area contributed by atoms with E-state index in [2.05, 4.69) is 63.7 Å². The zero-order valence-corrected chi connectivity index (χ0v) is 22.1. The zero-order valence-electron chi connectivity index (χ0n) is 21.3. The second-order valence-electron chi connectivity index (χ2n) is 9.25. The quantitative estimate of drug-likeness (QED) is 0.318. The summed E-state index contributed by atoms with van der Waals surface area (Å²) in [6.45, 7) is 8.77. The van der Waals surface area contributed by atoms with Crippen LogP contribution in [0.2, 0.25) is 0 Å². The van der Waals surface area contributed by atoms with Gasteiger partial charge in [0.1, 0.15) is 5.03 Å². The Hall–Kier alpha value is -3.54. The first kappa shape index (κ1) is 24.8. The van der Waals surface area contributed by atoms with Crippen LogP contribution in [-0.2, 0) is 11.3 Å². The summed E-state index contributed by atoms with van der Waals surface area (Å²) in [5.74, 6) is 1.63. The number of morpholine rings is 1. The summed E-state index contributed by atoms with van der Waals surface area (Å²) in [6, 6.07) is 16.3. The monoisotopic (exact) mass is 529 g/mol. The number of hydrogen-bond donors (Lipinski definition) is 0. The van der Waals surface area contributed by atoms with Gasteiger partial charge < -0.3 is 19.1 Å². The molecule has 0 radical (unpaired) electrons. The molecule has 6 rings (SSSR count). The number of ether oxygens (including phenoxy) is 1. The van der Waals surface area contributed by atoms with Crippen LogP contribution in [0.25, 0.3) is 11.4 Å². The fraction of sp³-hybridized carbons (Fsp3) is 0.370. The number of benzene rings is 1. The molecular formula is C27H31N9OS. The van der Waals surface area contributed by atoms with Crippen LogP contribution in [-0.4, -0.2) is 93.6 Å². The van der Waals surface area contributed by atoms with E-state index in [1.54, 1.807) is 11.8 Å². The highest BCUT2D eigenvalue weighted by Gasteiger charge is 2.21. The minimum absolute atomic E-state index is 0.757. The highest BCUT2D eigenvalue weighted by molar-refractivity contribution is 7.99. The Balaban J connectivity index is 1.18. The molecule has 0 N–H and O–H groups in total. The summed E-state index contributed by atoms with van der Waals surface area (Å²) in [5, 5.41) is 10.9. The SMILES string of the molecule is c1ccc(-c2nnc(Sc3ccnc(N4CCN(c5ccncc5)CC4)n3)n2CCN2CCOCC2)cc1. The minimum Gasteiger partial charge on any atom is -0.379 e. The molecule has 0 spiro atoms. The molecule has 2 saturated heterocycles. The van der Waals surface area contributed by atoms with Crippen molar-refractivity contribution >= 4 is 23.4 Å². The van der Waals surface area contributed by atoms with Crippen LogP contribution in [0.3, 0.4) is 0 Å². The molecule has 0 atom stereocenters. The van der Waals surface area contributed by atoms with Gasteiger partial charge in [-0.1, -0.05) is 30.3 Å². The fourth-order valence-electron chi connectivity index (χ4n) is 4.79. The first-order valence-electron chi connectivity index (χ1n) is 13.0. The predicted molar refractivity (Wildman–Crippen MR) is 148 cm³/mol. The average Bonchev–Trinajstić information content (AvgIpc) is 3.40. The van der Waals surface area contributed by atoms with Crippen molar-refractivity contribution in [1.29, 1.82) is 0 Å². The Kier molecular flexibility index (Phi) is 7.75. The predicted octanol–water partition coefficient (Wildman–Crippen LogP) is 2.94. The van der Waals surface area contributed by atoms with Gasteiger partial charge in [0.05, 0.1) is 13.2 Å². The number of rotatable bonds is 8. The van der Waals surface area contributed by atoms with Gasteiger partial charge in [-0.05, 0) is 30.0 Å². The maximum Gasteiger partial charge on any atom is 0.226 e. The van der Waals surface area contributed by atoms with Crippen LogP contribution in [0.5, 0.6) is 0 Å². The molecule has 0 amide bonds. The lowest BCUT2D eigenvalue weighted by Crippen LogP contribution is -2.47. The highest BCUT2D eigenvalue weighted by Crippen LogP contribution is 2.29. The third-order valence-corrected chi connectivity index (χ3v) is 7.82. The van der Waals surface area contributed by atoms with E-state index < -0.39 is 0 Å². The van der Waals surface area contributed by atoms with E-state index in [0.29, 0.717) is 0 Å². The third-order valence-electron chi connectivity index (χ3n) is 6.90. The molecule has 0 saturated carbocycles. The van der Waals surface area contributed by atoms with E-state index in [1.807, 2.05) is 42.9 Å². The van der Waals surface area contributed by atoms with Crippen LogP contribution < -0.4 is 9.80 Å². The second kappa shape index (κ2) is 11.9. The summed E-state index contributed by atoms with van der Waals surface area (Å²) in [4.78, 5) is 20.7. The lowest BCUT2D eigenvalue weighted by molar-refractivity contribution is 0.0361. The summed E-state index contributed by atoms with van der Waals surface area (Å²) < 4.78 is 7.73. The molecule has 1 aromatic carbocycles. The molecular weight excluding hydrogens is 498 g/mol. The normalized spacial score (nSPS) is 16.6. The van der Waals surface area contributed by atoms with E-state index in [1.165, 1.54) is 5.69 Å². The van der Waals surface area contributed by atoms with Gasteiger partial charge in [0.25, 0.3) is 0 Å². The Bertz CT molecular complexity index is 1310. The van der Waals surface area contributed by atoms with E-state index in [9.17, 15) is 0 Å². The van der Waals surface area contributed by atoms with Crippen molar-refractivity contribution in [2.75, 3.05) is 68.8 Å². The van der Waals surface area contributed by atoms with Gasteiger partial charge in [-0.25, -0.2) is 9.97 Å². The van der Waals surface area contributed by atoms with Crippen LogP contribution in [0.15, 0.2) is 77.3 Å². The number of aromatic nitrogens is 6. The first-order chi connectivity index (χ1) is 18.8. The van der Waals surface area contributed by atoms with Gasteiger partial charge in [0.2, 0.25) is 5.95 Å². The van der Waals surface area contributed by atoms with Crippen molar-refractivity contribution in [1.82, 2.24) is 34.6 Å². The van der Waals surface area contributed by atoms with Gasteiger partial charge in [0.15, 0.2) is 11.0 Å². The molecule has 38 heavy (non-hydrogen) atoms. The number of hydrogen-bond acceptors (Lipinski definition) is 10. The van der Waals surface area contributed by atoms with Gasteiger partial charge in [-0.3, -0.25) is 9.88 Å². The minimum atomic E-state index is 0.757. The third kappa shape index (κ3) is 5.79. The Morgan fingerprint density at radius 2 is 1.53 bits per heavy atom. The molecule has 4 aromatic rings. The number of anilines is 2. The van der Waals surface area contributed by atoms with Crippen LogP contribution in [0, 0.1) is 0 Å². The maximum absolute atomic E-state index is 5.52. The molecule has 10 nitrogen and oxygen atoms in total. The van der Waals surface area contributed by atoms with Crippen molar-refractivity contribution in [3.8, 4) is 11.4 Å². The molecule has 5 heterocycles. The molecule has 3 aromatic heterocycles. The molecule has 11 heteroatoms. The Morgan fingerprint density at radius 3 is 2.32 bits per heavy atom. The summed E-state index contributed by atoms with van der Waals surface area (Å²) >= 11 is 1.54. The fourth-order valence-corrected chi connectivity index (χ4v) is 5.60. The van der Waals surface area contributed by atoms with Gasteiger partial charge in [-0.2, -0.15) is 0 Å². The van der Waals surface area contributed by atoms with Crippen molar-refractivity contribution in [3.05, 3.63) is 67.1 Å². The van der Waals surface area contributed by atoms with Gasteiger partial charge in [-0.15, -0.1) is 10.2 Å². The van der Waals surface area contributed by atoms with Gasteiger partial charge >= 0.3 is 0 Å². The number of pyridine rings is 1. The molecule has 0 bridgehead atoms. The number of piperazine rings is 1. The molecule has 196 valence electrons. The molecule has 0 aliphatic carbocycles. The standard InChI is InChI=1S/C27H31N9OS/c1-2-4-22(5-3-1)25-31-32-27(36(25)17-12-33-18-20-37-21-19-33)38-24-8-11-29-26(30-24)35-15-13-34(14-16-35)23-6-9-28-10-7-23/h1-11H,12-21H2. The largest absolute Gasteiger partial charge is 0.379 e. The topological polar surface area (TPSA) is 88.3 Å². The van der Waals surface area contributed by atoms with Crippen LogP contribution in [0.4, 0.5) is 11.6 Å². The zero-order chi connectivity index (χ0) is 25.6. The van der Waals surface area contributed by atoms with Gasteiger partial charge in [0, 0.05) is 82.2 Å². The van der Waals surface area contributed by atoms with E-state index in [-0.39, 0.29) is 0 Å². The van der Waals surface area contributed by atoms with Crippen molar-refractivity contribution < 1.29 is 4.74 Å². The second-order valence-corrected chi connectivity index (χ2v) is 10.2.